The number of likely N-dealkylation sites (tertiary alicyclic amines) is 1. The van der Waals surface area contributed by atoms with Crippen molar-refractivity contribution in [3.05, 3.63) is 101 Å². The average Bonchev–Trinajstić information content (AvgIpc) is 3.09. The van der Waals surface area contributed by atoms with E-state index in [9.17, 15) is 14.7 Å². The van der Waals surface area contributed by atoms with Gasteiger partial charge in [0.2, 0.25) is 0 Å². The molecular weight excluding hydrogens is 418 g/mol. The molecule has 0 spiro atoms. The third kappa shape index (κ3) is 4.20. The van der Waals surface area contributed by atoms with E-state index >= 15 is 0 Å². The van der Waals surface area contributed by atoms with Crippen LogP contribution in [0.4, 0.5) is 0 Å². The number of para-hydroxylation sites is 1. The maximum atomic E-state index is 13.2. The van der Waals surface area contributed by atoms with Crippen LogP contribution in [0.2, 0.25) is 0 Å². The van der Waals surface area contributed by atoms with E-state index < -0.39 is 17.7 Å². The van der Waals surface area contributed by atoms with Crippen molar-refractivity contribution in [1.29, 1.82) is 0 Å². The SMILES string of the molecule is COc1cccc(/C(O)=C2/C(=O)C(=O)N(Cc3ccccc3OC)C2c2cccc(C)c2)c1. The molecule has 1 atom stereocenters. The molecule has 0 bridgehead atoms. The van der Waals surface area contributed by atoms with Crippen LogP contribution in [0.15, 0.2) is 78.4 Å². The molecule has 1 fully saturated rings. The summed E-state index contributed by atoms with van der Waals surface area (Å²) in [6.45, 7) is 2.10. The number of amides is 1. The molecular formula is C27H25NO5. The van der Waals surface area contributed by atoms with E-state index in [4.69, 9.17) is 9.47 Å². The van der Waals surface area contributed by atoms with Crippen LogP contribution < -0.4 is 9.47 Å². The van der Waals surface area contributed by atoms with E-state index in [2.05, 4.69) is 0 Å². The number of carbonyl (C=O) groups is 2. The minimum atomic E-state index is -0.749. The van der Waals surface area contributed by atoms with Crippen LogP contribution in [0.3, 0.4) is 0 Å². The molecule has 6 heteroatoms. The topological polar surface area (TPSA) is 76.1 Å². The highest BCUT2D eigenvalue weighted by Crippen LogP contribution is 2.41. The van der Waals surface area contributed by atoms with Crippen molar-refractivity contribution in [2.24, 2.45) is 0 Å². The molecule has 0 saturated carbocycles. The lowest BCUT2D eigenvalue weighted by molar-refractivity contribution is -0.140. The second kappa shape index (κ2) is 9.20. The van der Waals surface area contributed by atoms with E-state index in [-0.39, 0.29) is 17.9 Å². The van der Waals surface area contributed by atoms with Crippen LogP contribution in [0.1, 0.15) is 28.3 Å². The second-order valence-corrected chi connectivity index (χ2v) is 7.88. The Morgan fingerprint density at radius 2 is 1.70 bits per heavy atom. The first-order valence-corrected chi connectivity index (χ1v) is 10.6. The maximum absolute atomic E-state index is 13.2. The molecule has 1 heterocycles. The van der Waals surface area contributed by atoms with Gasteiger partial charge >= 0.3 is 0 Å². The van der Waals surface area contributed by atoms with Crippen molar-refractivity contribution >= 4 is 17.4 Å². The summed E-state index contributed by atoms with van der Waals surface area (Å²) in [5, 5.41) is 11.2. The van der Waals surface area contributed by atoms with Crippen LogP contribution in [0.25, 0.3) is 5.76 Å². The van der Waals surface area contributed by atoms with Gasteiger partial charge in [0, 0.05) is 11.1 Å². The Hall–Kier alpha value is -4.06. The summed E-state index contributed by atoms with van der Waals surface area (Å²) in [5.74, 6) is -0.473. The molecule has 4 rings (SSSR count). The highest BCUT2D eigenvalue weighted by Gasteiger charge is 2.46. The lowest BCUT2D eigenvalue weighted by atomic mass is 9.94. The van der Waals surface area contributed by atoms with Gasteiger partial charge in [0.1, 0.15) is 17.3 Å². The Kier molecular flexibility index (Phi) is 6.18. The number of benzene rings is 3. The van der Waals surface area contributed by atoms with E-state index in [1.807, 2.05) is 55.5 Å². The smallest absolute Gasteiger partial charge is 0.295 e. The number of ketones is 1. The zero-order chi connectivity index (χ0) is 23.5. The van der Waals surface area contributed by atoms with Crippen molar-refractivity contribution in [3.8, 4) is 11.5 Å². The first-order chi connectivity index (χ1) is 15.9. The summed E-state index contributed by atoms with van der Waals surface area (Å²) in [7, 11) is 3.09. The number of ether oxygens (including phenoxy) is 2. The quantitative estimate of drug-likeness (QED) is 0.341. The first-order valence-electron chi connectivity index (χ1n) is 10.6. The lowest BCUT2D eigenvalue weighted by Crippen LogP contribution is -2.29. The summed E-state index contributed by atoms with van der Waals surface area (Å²) in [6, 6.07) is 21.0. The minimum absolute atomic E-state index is 0.0498. The molecule has 0 radical (unpaired) electrons. The molecule has 168 valence electrons. The van der Waals surface area contributed by atoms with Crippen LogP contribution in [0, 0.1) is 6.92 Å². The van der Waals surface area contributed by atoms with Gasteiger partial charge in [-0.2, -0.15) is 0 Å². The standard InChI is InChI=1S/C27H25NO5/c1-17-8-6-10-18(14-17)24-23(25(29)19-11-7-12-21(15-19)32-2)26(30)27(31)28(24)16-20-9-4-5-13-22(20)33-3/h4-15,24,29H,16H2,1-3H3/b25-23-. The van der Waals surface area contributed by atoms with Gasteiger partial charge in [-0.3, -0.25) is 9.59 Å². The number of hydrogen-bond donors (Lipinski definition) is 1. The third-order valence-electron chi connectivity index (χ3n) is 5.77. The zero-order valence-corrected chi connectivity index (χ0v) is 18.7. The predicted octanol–water partition coefficient (Wildman–Crippen LogP) is 4.63. The van der Waals surface area contributed by atoms with Crippen molar-refractivity contribution in [2.45, 2.75) is 19.5 Å². The third-order valence-corrected chi connectivity index (χ3v) is 5.77. The Balaban J connectivity index is 1.88. The summed E-state index contributed by atoms with van der Waals surface area (Å²) in [4.78, 5) is 27.9. The largest absolute Gasteiger partial charge is 0.507 e. The Morgan fingerprint density at radius 1 is 0.939 bits per heavy atom. The second-order valence-electron chi connectivity index (χ2n) is 7.88. The molecule has 33 heavy (non-hydrogen) atoms. The number of methoxy groups -OCH3 is 2. The number of rotatable bonds is 6. The Bertz CT molecular complexity index is 1250. The maximum Gasteiger partial charge on any atom is 0.295 e. The lowest BCUT2D eigenvalue weighted by Gasteiger charge is -2.26. The van der Waals surface area contributed by atoms with Gasteiger partial charge in [0.25, 0.3) is 11.7 Å². The average molecular weight is 443 g/mol. The molecule has 0 aromatic heterocycles. The van der Waals surface area contributed by atoms with Crippen LogP contribution in [-0.2, 0) is 16.1 Å². The Morgan fingerprint density at radius 3 is 2.42 bits per heavy atom. The molecule has 3 aromatic rings. The molecule has 1 aliphatic heterocycles. The van der Waals surface area contributed by atoms with Gasteiger partial charge in [-0.1, -0.05) is 60.2 Å². The number of Topliss-reactive ketones (excluding diaryl/α,β-unsaturated/α-hetero) is 1. The summed E-state index contributed by atoms with van der Waals surface area (Å²) < 4.78 is 10.7. The number of aryl methyl sites for hydroxylation is 1. The van der Waals surface area contributed by atoms with Crippen molar-refractivity contribution in [1.82, 2.24) is 4.90 Å². The molecule has 0 aliphatic carbocycles. The van der Waals surface area contributed by atoms with Gasteiger partial charge in [0.05, 0.1) is 32.4 Å². The number of carbonyl (C=O) groups excluding carboxylic acids is 2. The number of nitrogens with zero attached hydrogens (tertiary/aromatic N) is 1. The number of aliphatic hydroxyl groups is 1. The Labute approximate surface area is 192 Å². The predicted molar refractivity (Wildman–Crippen MR) is 125 cm³/mol. The van der Waals surface area contributed by atoms with E-state index in [0.717, 1.165) is 16.7 Å². The van der Waals surface area contributed by atoms with Gasteiger partial charge in [-0.15, -0.1) is 0 Å². The molecule has 1 N–H and O–H groups in total. The van der Waals surface area contributed by atoms with Crippen molar-refractivity contribution in [2.75, 3.05) is 14.2 Å². The molecule has 1 amide bonds. The highest BCUT2D eigenvalue weighted by atomic mass is 16.5. The first kappa shape index (κ1) is 22.1. The summed E-state index contributed by atoms with van der Waals surface area (Å²) in [5.41, 5.74) is 2.95. The fourth-order valence-corrected chi connectivity index (χ4v) is 4.17. The fraction of sp³-hybridized carbons (Fsp3) is 0.185. The number of aliphatic hydroxyl groups excluding tert-OH is 1. The van der Waals surface area contributed by atoms with E-state index in [1.165, 1.54) is 12.0 Å². The van der Waals surface area contributed by atoms with Crippen molar-refractivity contribution < 1.29 is 24.2 Å². The summed E-state index contributed by atoms with van der Waals surface area (Å²) >= 11 is 0. The van der Waals surface area contributed by atoms with Gasteiger partial charge in [-0.05, 0) is 30.7 Å². The minimum Gasteiger partial charge on any atom is -0.507 e. The highest BCUT2D eigenvalue weighted by molar-refractivity contribution is 6.46. The van der Waals surface area contributed by atoms with Gasteiger partial charge in [0.15, 0.2) is 0 Å². The molecule has 1 unspecified atom stereocenters. The summed E-state index contributed by atoms with van der Waals surface area (Å²) in [6.07, 6.45) is 0. The van der Waals surface area contributed by atoms with Crippen LogP contribution in [-0.4, -0.2) is 35.9 Å². The van der Waals surface area contributed by atoms with Gasteiger partial charge in [-0.25, -0.2) is 0 Å². The molecule has 6 nitrogen and oxygen atoms in total. The molecule has 3 aromatic carbocycles. The van der Waals surface area contributed by atoms with Crippen LogP contribution >= 0.6 is 0 Å². The number of hydrogen-bond acceptors (Lipinski definition) is 5. The van der Waals surface area contributed by atoms with Gasteiger partial charge < -0.3 is 19.5 Å². The fourth-order valence-electron chi connectivity index (χ4n) is 4.17. The van der Waals surface area contributed by atoms with E-state index in [0.29, 0.717) is 17.1 Å². The van der Waals surface area contributed by atoms with Crippen molar-refractivity contribution in [3.63, 3.8) is 0 Å². The zero-order valence-electron chi connectivity index (χ0n) is 18.7. The van der Waals surface area contributed by atoms with E-state index in [1.54, 1.807) is 31.4 Å². The normalized spacial score (nSPS) is 17.3. The molecule has 1 aliphatic rings. The molecule has 1 saturated heterocycles. The monoisotopic (exact) mass is 443 g/mol. The van der Waals surface area contributed by atoms with Crippen LogP contribution in [0.5, 0.6) is 11.5 Å².